The van der Waals surface area contributed by atoms with E-state index in [1.54, 1.807) is 0 Å². The zero-order valence-electron chi connectivity index (χ0n) is 34.2. The molecule has 1 saturated heterocycles. The first-order valence-corrected chi connectivity index (χ1v) is 20.1. The number of benzene rings is 3. The number of hydrogen-bond acceptors (Lipinski definition) is 8. The van der Waals surface area contributed by atoms with Crippen LogP contribution in [-0.2, 0) is 19.1 Å². The highest BCUT2D eigenvalue weighted by Gasteiger charge is 2.51. The van der Waals surface area contributed by atoms with Crippen molar-refractivity contribution in [3.63, 3.8) is 0 Å². The van der Waals surface area contributed by atoms with Crippen LogP contribution in [0.2, 0.25) is 0 Å². The summed E-state index contributed by atoms with van der Waals surface area (Å²) in [5, 5.41) is 10.6. The molecule has 304 valence electrons. The molecule has 1 saturated carbocycles. The Hall–Kier alpha value is -5.98. The number of carbonyl (C=O) groups excluding carboxylic acids is 4. The van der Waals surface area contributed by atoms with E-state index in [0.29, 0.717) is 12.3 Å². The van der Waals surface area contributed by atoms with Crippen LogP contribution in [0.25, 0.3) is 38.7 Å². The maximum Gasteiger partial charge on any atom is 0.407 e. The third-order valence-electron chi connectivity index (χ3n) is 11.9. The molecule has 13 heteroatoms. The molecule has 6 atom stereocenters. The lowest BCUT2D eigenvalue weighted by molar-refractivity contribution is -0.139. The molecule has 0 radical (unpaired) electrons. The fourth-order valence-corrected chi connectivity index (χ4v) is 8.62. The lowest BCUT2D eigenvalue weighted by Crippen LogP contribution is -2.54. The molecular formula is C45H53N7O6. The summed E-state index contributed by atoms with van der Waals surface area (Å²) < 4.78 is 9.51. The maximum atomic E-state index is 14.0. The van der Waals surface area contributed by atoms with Crippen LogP contribution in [-0.4, -0.2) is 83.0 Å². The Morgan fingerprint density at radius 3 is 2.02 bits per heavy atom. The van der Waals surface area contributed by atoms with Crippen molar-refractivity contribution in [3.8, 4) is 22.4 Å². The fourth-order valence-electron chi connectivity index (χ4n) is 8.62. The predicted molar refractivity (Wildman–Crippen MR) is 224 cm³/mol. The van der Waals surface area contributed by atoms with Gasteiger partial charge in [-0.25, -0.2) is 14.6 Å². The van der Waals surface area contributed by atoms with Gasteiger partial charge in [-0.15, -0.1) is 0 Å². The van der Waals surface area contributed by atoms with Gasteiger partial charge < -0.3 is 35.3 Å². The monoisotopic (exact) mass is 787 g/mol. The van der Waals surface area contributed by atoms with E-state index in [2.05, 4.69) is 91.3 Å². The molecule has 2 aliphatic heterocycles. The van der Waals surface area contributed by atoms with Crippen molar-refractivity contribution in [2.45, 2.75) is 90.5 Å². The minimum atomic E-state index is -0.717. The van der Waals surface area contributed by atoms with Crippen LogP contribution in [0.4, 0.5) is 9.59 Å². The van der Waals surface area contributed by atoms with Gasteiger partial charge in [-0.3, -0.25) is 14.6 Å². The number of amides is 4. The van der Waals surface area contributed by atoms with Crippen LogP contribution >= 0.6 is 0 Å². The van der Waals surface area contributed by atoms with E-state index in [-0.39, 0.29) is 41.8 Å². The highest BCUT2D eigenvalue weighted by Crippen LogP contribution is 2.50. The fraction of sp³-hybridized carbons (Fsp3) is 0.422. The summed E-state index contributed by atoms with van der Waals surface area (Å²) in [6.07, 6.45) is 6.00. The number of nitrogens with one attached hydrogen (secondary N) is 4. The Bertz CT molecular complexity index is 2260. The van der Waals surface area contributed by atoms with Crippen LogP contribution in [0.3, 0.4) is 0 Å². The van der Waals surface area contributed by atoms with Crippen molar-refractivity contribution in [2.24, 2.45) is 22.7 Å². The zero-order valence-corrected chi connectivity index (χ0v) is 34.2. The van der Waals surface area contributed by atoms with E-state index in [1.165, 1.54) is 14.2 Å². The van der Waals surface area contributed by atoms with Crippen molar-refractivity contribution in [1.82, 2.24) is 30.8 Å². The quantitative estimate of drug-likeness (QED) is 0.116. The van der Waals surface area contributed by atoms with Gasteiger partial charge in [0.2, 0.25) is 11.8 Å². The highest BCUT2D eigenvalue weighted by molar-refractivity contribution is 6.03. The number of rotatable bonds is 12. The number of piperidine rings is 1. The lowest BCUT2D eigenvalue weighted by atomic mass is 9.95. The van der Waals surface area contributed by atoms with Gasteiger partial charge in [-0.2, -0.15) is 0 Å². The molecule has 0 unspecified atom stereocenters. The van der Waals surface area contributed by atoms with E-state index in [9.17, 15) is 19.2 Å². The molecule has 3 aliphatic rings. The van der Waals surface area contributed by atoms with Crippen molar-refractivity contribution >= 4 is 46.1 Å². The zero-order chi connectivity index (χ0) is 41.2. The normalized spacial score (nSPS) is 20.1. The summed E-state index contributed by atoms with van der Waals surface area (Å²) in [6.45, 7) is 9.49. The number of hydrogen-bond donors (Lipinski definition) is 4. The Kier molecular flexibility index (Phi) is 11.7. The average Bonchev–Trinajstić information content (AvgIpc) is 4.06. The number of allylic oxidation sites excluding steroid dienone is 1. The Labute approximate surface area is 339 Å². The van der Waals surface area contributed by atoms with Gasteiger partial charge in [0.25, 0.3) is 0 Å². The van der Waals surface area contributed by atoms with E-state index in [4.69, 9.17) is 9.72 Å². The second-order valence-electron chi connectivity index (χ2n) is 16.4. The molecule has 3 aromatic carbocycles. The number of imidazole rings is 1. The molecule has 2 bridgehead atoms. The SMILES string of the molecule is COC(=O)N[C@H](C(=O)N[C@@H](C)C1=NC=C(c2ccc(-c3ccc4cc(-c5cnc([C@@H]6[C@H]7CC[C@H](C7)N6C(=O)[C@@H](NC(=O)OC)C(C)C)[nH]5)ccc4c3)cc2)C1)C(C)C. The molecule has 4 aromatic rings. The van der Waals surface area contributed by atoms with E-state index in [1.807, 2.05) is 51.9 Å². The van der Waals surface area contributed by atoms with Gasteiger partial charge in [-0.1, -0.05) is 76.2 Å². The molecule has 1 aromatic heterocycles. The summed E-state index contributed by atoms with van der Waals surface area (Å²) in [5.41, 5.74) is 7.08. The topological polar surface area (TPSA) is 167 Å². The second-order valence-corrected chi connectivity index (χ2v) is 16.4. The van der Waals surface area contributed by atoms with Crippen LogP contribution in [0.5, 0.6) is 0 Å². The van der Waals surface area contributed by atoms with E-state index < -0.39 is 24.3 Å². The van der Waals surface area contributed by atoms with Gasteiger partial charge in [-0.05, 0) is 89.1 Å². The molecule has 58 heavy (non-hydrogen) atoms. The number of alkyl carbamates (subject to hydrolysis) is 2. The molecule has 3 heterocycles. The van der Waals surface area contributed by atoms with Crippen molar-refractivity contribution in [1.29, 1.82) is 0 Å². The summed E-state index contributed by atoms with van der Waals surface area (Å²) in [4.78, 5) is 65.8. The molecule has 13 nitrogen and oxygen atoms in total. The van der Waals surface area contributed by atoms with Crippen LogP contribution in [0.1, 0.15) is 77.7 Å². The number of aliphatic imine (C=N–C) groups is 1. The van der Waals surface area contributed by atoms with Crippen LogP contribution in [0.15, 0.2) is 78.1 Å². The van der Waals surface area contributed by atoms with E-state index in [0.717, 1.165) is 75.1 Å². The van der Waals surface area contributed by atoms with Gasteiger partial charge in [0, 0.05) is 29.9 Å². The third-order valence-corrected chi connectivity index (χ3v) is 11.9. The number of aromatic nitrogens is 2. The number of H-pyrrole nitrogens is 1. The lowest BCUT2D eigenvalue weighted by Gasteiger charge is -2.37. The van der Waals surface area contributed by atoms with E-state index >= 15 is 0 Å². The number of methoxy groups -OCH3 is 2. The molecule has 4 amide bonds. The number of carbonyl (C=O) groups is 4. The van der Waals surface area contributed by atoms with Gasteiger partial charge >= 0.3 is 12.2 Å². The smallest absolute Gasteiger partial charge is 0.407 e. The first kappa shape index (κ1) is 40.2. The largest absolute Gasteiger partial charge is 0.453 e. The summed E-state index contributed by atoms with van der Waals surface area (Å²) in [6, 6.07) is 19.5. The minimum absolute atomic E-state index is 0.0915. The Balaban J connectivity index is 1.00. The number of nitrogens with zero attached hydrogens (tertiary/aromatic N) is 3. The van der Waals surface area contributed by atoms with Crippen molar-refractivity contribution in [2.75, 3.05) is 14.2 Å². The molecule has 1 aliphatic carbocycles. The van der Waals surface area contributed by atoms with Crippen LogP contribution in [0, 0.1) is 17.8 Å². The van der Waals surface area contributed by atoms with Crippen molar-refractivity contribution < 1.29 is 28.7 Å². The Morgan fingerprint density at radius 1 is 0.759 bits per heavy atom. The number of likely N-dealkylation sites (tertiary alicyclic amines) is 1. The standard InChI is InChI=1S/C45H53N7O6/c1-24(2)38(50-44(55)57-6)42(53)48-26(5)36-21-34(22-46-36)28-10-8-27(9-11-28)29-12-13-31-19-32(15-14-30(31)18-29)37-23-47-41(49-37)40-33-16-17-35(20-33)52(40)43(54)39(25(3)4)51-45(56)58-7/h8-15,18-19,22-26,33,35,38-40H,16-17,20-21H2,1-7H3,(H,47,49)(H,48,53)(H,50,55)(H,51,56)/t26-,33-,35+,38-,39-,40-/m0/s1. The first-order valence-electron chi connectivity index (χ1n) is 20.1. The summed E-state index contributed by atoms with van der Waals surface area (Å²) >= 11 is 0. The third kappa shape index (κ3) is 8.21. The molecule has 2 fully saturated rings. The maximum absolute atomic E-state index is 14.0. The number of ether oxygens (including phenoxy) is 2. The average molecular weight is 788 g/mol. The minimum Gasteiger partial charge on any atom is -0.453 e. The number of aromatic amines is 1. The van der Waals surface area contributed by atoms with Gasteiger partial charge in [0.1, 0.15) is 17.9 Å². The summed E-state index contributed by atoms with van der Waals surface area (Å²) in [5.74, 6) is 0.498. The summed E-state index contributed by atoms with van der Waals surface area (Å²) in [7, 11) is 2.58. The van der Waals surface area contributed by atoms with Crippen LogP contribution < -0.4 is 16.0 Å². The second kappa shape index (κ2) is 16.9. The van der Waals surface area contributed by atoms with Crippen molar-refractivity contribution in [3.05, 3.63) is 84.4 Å². The Morgan fingerprint density at radius 2 is 1.36 bits per heavy atom. The molecule has 7 rings (SSSR count). The predicted octanol–water partition coefficient (Wildman–Crippen LogP) is 7.40. The van der Waals surface area contributed by atoms with Gasteiger partial charge in [0.15, 0.2) is 0 Å². The molecule has 0 spiro atoms. The molecular weight excluding hydrogens is 735 g/mol. The number of fused-ring (bicyclic) bond motifs is 3. The molecule has 4 N–H and O–H groups in total. The van der Waals surface area contributed by atoms with Gasteiger partial charge in [0.05, 0.1) is 38.2 Å². The highest BCUT2D eigenvalue weighted by atomic mass is 16.5. The first-order chi connectivity index (χ1) is 27.8.